The summed E-state index contributed by atoms with van der Waals surface area (Å²) in [6.07, 6.45) is 0. The van der Waals surface area contributed by atoms with E-state index in [4.69, 9.17) is 5.73 Å². The summed E-state index contributed by atoms with van der Waals surface area (Å²) in [7, 11) is 0. The Morgan fingerprint density at radius 1 is 1.20 bits per heavy atom. The first kappa shape index (κ1) is 10.2. The van der Waals surface area contributed by atoms with E-state index in [0.29, 0.717) is 0 Å². The van der Waals surface area contributed by atoms with Crippen LogP contribution in [0.15, 0.2) is 18.2 Å². The normalized spacial score (nSPS) is 10.6. The van der Waals surface area contributed by atoms with Crippen molar-refractivity contribution in [3.63, 3.8) is 0 Å². The summed E-state index contributed by atoms with van der Waals surface area (Å²) < 4.78 is 0. The number of nitrogens with one attached hydrogen (secondary N) is 1. The van der Waals surface area contributed by atoms with Crippen LogP contribution in [0.25, 0.3) is 11.3 Å². The van der Waals surface area contributed by atoms with E-state index in [1.54, 1.807) is 11.3 Å². The van der Waals surface area contributed by atoms with Crippen molar-refractivity contribution >= 4 is 16.5 Å². The number of hydrogen-bond acceptors (Lipinski definition) is 2. The molecule has 0 amide bonds. The van der Waals surface area contributed by atoms with Gasteiger partial charge in [-0.15, -0.1) is 0 Å². The fourth-order valence-corrected chi connectivity index (χ4v) is 2.55. The number of thiazole rings is 1. The molecule has 2 rings (SSSR count). The summed E-state index contributed by atoms with van der Waals surface area (Å²) in [6.45, 7) is 6.32. The van der Waals surface area contributed by atoms with Gasteiger partial charge in [0, 0.05) is 5.56 Å². The lowest BCUT2D eigenvalue weighted by Gasteiger charge is -2.03. The molecular formula is C12H15N2S+. The number of anilines is 1. The lowest BCUT2D eigenvalue weighted by molar-refractivity contribution is -0.341. The molecule has 0 atom stereocenters. The van der Waals surface area contributed by atoms with E-state index in [0.717, 1.165) is 10.8 Å². The molecule has 0 radical (unpaired) electrons. The van der Waals surface area contributed by atoms with Gasteiger partial charge in [0.15, 0.2) is 0 Å². The lowest BCUT2D eigenvalue weighted by atomic mass is 10.0. The van der Waals surface area contributed by atoms with Gasteiger partial charge in [-0.2, -0.15) is 0 Å². The van der Waals surface area contributed by atoms with Gasteiger partial charge in [-0.05, 0) is 26.3 Å². The number of nitrogen functional groups attached to an aromatic ring is 1. The van der Waals surface area contributed by atoms with Crippen molar-refractivity contribution in [1.82, 2.24) is 0 Å². The van der Waals surface area contributed by atoms with Crippen molar-refractivity contribution < 1.29 is 4.98 Å². The predicted molar refractivity (Wildman–Crippen MR) is 64.9 cm³/mol. The van der Waals surface area contributed by atoms with Crippen LogP contribution in [0.4, 0.5) is 5.13 Å². The smallest absolute Gasteiger partial charge is 0.278 e. The van der Waals surface area contributed by atoms with E-state index in [-0.39, 0.29) is 0 Å². The molecule has 0 bridgehead atoms. The zero-order valence-electron chi connectivity index (χ0n) is 9.22. The standard InChI is InChI=1S/C12H14N2S/c1-7-4-5-10(8(2)6-7)11-9(3)15-12(13)14-11/h4-6H,1-3H3,(H2,13,14)/p+1. The van der Waals surface area contributed by atoms with Crippen molar-refractivity contribution in [2.75, 3.05) is 5.73 Å². The maximum absolute atomic E-state index is 5.76. The minimum absolute atomic E-state index is 0.766. The fraction of sp³-hybridized carbons (Fsp3) is 0.250. The molecule has 0 unspecified atom stereocenters. The molecule has 0 fully saturated rings. The number of rotatable bonds is 1. The molecule has 1 aromatic carbocycles. The molecule has 1 heterocycles. The highest BCUT2D eigenvalue weighted by Gasteiger charge is 2.13. The van der Waals surface area contributed by atoms with Crippen LogP contribution in [-0.4, -0.2) is 0 Å². The monoisotopic (exact) mass is 219 g/mol. The minimum Gasteiger partial charge on any atom is -0.278 e. The van der Waals surface area contributed by atoms with Gasteiger partial charge in [-0.3, -0.25) is 5.73 Å². The molecule has 0 aliphatic carbocycles. The van der Waals surface area contributed by atoms with E-state index >= 15 is 0 Å². The van der Waals surface area contributed by atoms with Crippen LogP contribution in [0.2, 0.25) is 0 Å². The molecule has 3 N–H and O–H groups in total. The summed E-state index contributed by atoms with van der Waals surface area (Å²) >= 11 is 1.60. The third kappa shape index (κ3) is 1.88. The summed E-state index contributed by atoms with van der Waals surface area (Å²) in [5, 5.41) is 0.766. The molecule has 15 heavy (non-hydrogen) atoms. The van der Waals surface area contributed by atoms with E-state index < -0.39 is 0 Å². The van der Waals surface area contributed by atoms with Crippen molar-refractivity contribution in [1.29, 1.82) is 0 Å². The van der Waals surface area contributed by atoms with Gasteiger partial charge >= 0.3 is 5.13 Å². The number of nitrogens with two attached hydrogens (primary N) is 1. The third-order valence-electron chi connectivity index (χ3n) is 2.51. The van der Waals surface area contributed by atoms with Crippen molar-refractivity contribution in [3.8, 4) is 11.3 Å². The molecule has 3 heteroatoms. The van der Waals surface area contributed by atoms with E-state index in [9.17, 15) is 0 Å². The van der Waals surface area contributed by atoms with Gasteiger partial charge in [-0.1, -0.05) is 35.1 Å². The first-order valence-corrected chi connectivity index (χ1v) is 5.75. The average Bonchev–Trinajstić information content (AvgIpc) is 2.45. The Balaban J connectivity index is 2.59. The van der Waals surface area contributed by atoms with Crippen LogP contribution in [0.1, 0.15) is 16.0 Å². The highest BCUT2D eigenvalue weighted by Crippen LogP contribution is 2.27. The first-order chi connectivity index (χ1) is 7.08. The summed E-state index contributed by atoms with van der Waals surface area (Å²) in [5.41, 5.74) is 10.7. The molecule has 0 saturated carbocycles. The quantitative estimate of drug-likeness (QED) is 0.787. The van der Waals surface area contributed by atoms with Gasteiger partial charge in [-0.25, -0.2) is 4.98 Å². The SMILES string of the molecule is Cc1ccc(-c2[nH+]c(N)sc2C)c(C)c1. The molecule has 1 aromatic heterocycles. The third-order valence-corrected chi connectivity index (χ3v) is 3.35. The maximum Gasteiger partial charge on any atom is 0.330 e. The van der Waals surface area contributed by atoms with Crippen LogP contribution in [0.3, 0.4) is 0 Å². The molecule has 0 aliphatic rings. The predicted octanol–water partition coefficient (Wildman–Crippen LogP) is 2.74. The summed E-state index contributed by atoms with van der Waals surface area (Å²) in [5.74, 6) is 0. The van der Waals surface area contributed by atoms with E-state index in [1.807, 2.05) is 0 Å². The van der Waals surface area contributed by atoms with E-state index in [2.05, 4.69) is 44.0 Å². The molecule has 0 spiro atoms. The van der Waals surface area contributed by atoms with Crippen LogP contribution >= 0.6 is 11.3 Å². The van der Waals surface area contributed by atoms with Crippen molar-refractivity contribution in [2.24, 2.45) is 0 Å². The van der Waals surface area contributed by atoms with E-state index in [1.165, 1.54) is 21.6 Å². The maximum atomic E-state index is 5.76. The Morgan fingerprint density at radius 2 is 1.93 bits per heavy atom. The number of benzene rings is 1. The molecule has 0 saturated heterocycles. The minimum atomic E-state index is 0.766. The molecule has 2 aromatic rings. The van der Waals surface area contributed by atoms with Crippen molar-refractivity contribution in [3.05, 3.63) is 34.2 Å². The Morgan fingerprint density at radius 3 is 2.47 bits per heavy atom. The second-order valence-corrected chi connectivity index (χ2v) is 5.10. The largest absolute Gasteiger partial charge is 0.330 e. The Hall–Kier alpha value is -1.35. The van der Waals surface area contributed by atoms with Gasteiger partial charge in [0.25, 0.3) is 0 Å². The number of hydrogen-bond donors (Lipinski definition) is 1. The highest BCUT2D eigenvalue weighted by atomic mass is 32.1. The second kappa shape index (κ2) is 3.66. The van der Waals surface area contributed by atoms with Crippen LogP contribution < -0.4 is 10.7 Å². The molecular weight excluding hydrogens is 204 g/mol. The lowest BCUT2D eigenvalue weighted by Crippen LogP contribution is -2.08. The number of aryl methyl sites for hydroxylation is 3. The number of aromatic nitrogens is 1. The highest BCUT2D eigenvalue weighted by molar-refractivity contribution is 7.15. The summed E-state index contributed by atoms with van der Waals surface area (Å²) in [4.78, 5) is 4.45. The Bertz CT molecular complexity index is 500. The van der Waals surface area contributed by atoms with Crippen LogP contribution in [0.5, 0.6) is 0 Å². The van der Waals surface area contributed by atoms with Gasteiger partial charge in [0.1, 0.15) is 5.69 Å². The Labute approximate surface area is 93.8 Å². The molecule has 2 nitrogen and oxygen atoms in total. The number of H-pyrrole nitrogens is 1. The van der Waals surface area contributed by atoms with Gasteiger partial charge < -0.3 is 0 Å². The second-order valence-electron chi connectivity index (χ2n) is 3.84. The summed E-state index contributed by atoms with van der Waals surface area (Å²) in [6, 6.07) is 6.47. The fourth-order valence-electron chi connectivity index (χ4n) is 1.80. The van der Waals surface area contributed by atoms with Crippen molar-refractivity contribution in [2.45, 2.75) is 20.8 Å². The molecule has 0 aliphatic heterocycles. The first-order valence-electron chi connectivity index (χ1n) is 4.93. The average molecular weight is 219 g/mol. The van der Waals surface area contributed by atoms with Gasteiger partial charge in [0.05, 0.1) is 4.88 Å². The zero-order valence-corrected chi connectivity index (χ0v) is 10.0. The van der Waals surface area contributed by atoms with Crippen LogP contribution in [0, 0.1) is 20.8 Å². The van der Waals surface area contributed by atoms with Crippen LogP contribution in [-0.2, 0) is 0 Å². The zero-order chi connectivity index (χ0) is 11.0. The Kier molecular flexibility index (Phi) is 2.49. The topological polar surface area (TPSA) is 40.2 Å². The molecule has 78 valence electrons. The van der Waals surface area contributed by atoms with Gasteiger partial charge in [0.2, 0.25) is 0 Å². The number of aromatic amines is 1.